The maximum Gasteiger partial charge on any atom is 0.0698 e. The molecular weight excluding hydrogens is 144 g/mol. The Kier molecular flexibility index (Phi) is 4.45. The van der Waals surface area contributed by atoms with Crippen molar-refractivity contribution in [3.05, 3.63) is 0 Å². The van der Waals surface area contributed by atoms with Crippen LogP contribution in [0.15, 0.2) is 0 Å². The van der Waals surface area contributed by atoms with Crippen molar-refractivity contribution < 1.29 is 9.84 Å². The average Bonchev–Trinajstić information content (AvgIpc) is 1.93. The predicted octanol–water partition coefficient (Wildman–Crippen LogP) is -1.44. The van der Waals surface area contributed by atoms with Gasteiger partial charge in [0.2, 0.25) is 0 Å². The van der Waals surface area contributed by atoms with Crippen LogP contribution in [0.5, 0.6) is 0 Å². The van der Waals surface area contributed by atoms with Gasteiger partial charge in [0.1, 0.15) is 0 Å². The molecule has 0 aromatic heterocycles. The molecule has 1 saturated heterocycles. The summed E-state index contributed by atoms with van der Waals surface area (Å²) < 4.78 is 5.07. The molecule has 1 fully saturated rings. The second kappa shape index (κ2) is 5.49. The molecule has 1 aliphatic heterocycles. The second-order valence-electron chi connectivity index (χ2n) is 2.65. The third-order valence-electron chi connectivity index (χ3n) is 1.70. The number of aliphatic hydroxyl groups excluding tert-OH is 1. The molecule has 1 rings (SSSR count). The summed E-state index contributed by atoms with van der Waals surface area (Å²) in [6, 6.07) is 0.632. The van der Waals surface area contributed by atoms with Gasteiger partial charge in [-0.2, -0.15) is 0 Å². The van der Waals surface area contributed by atoms with E-state index in [1.807, 2.05) is 0 Å². The predicted molar refractivity (Wildman–Crippen MR) is 42.6 cm³/mol. The number of hydrogen-bond acceptors (Lipinski definition) is 4. The lowest BCUT2D eigenvalue weighted by Gasteiger charge is -2.27. The minimum absolute atomic E-state index is 0.116. The first kappa shape index (κ1) is 8.93. The van der Waals surface area contributed by atoms with E-state index < -0.39 is 0 Å². The van der Waals surface area contributed by atoms with Crippen molar-refractivity contribution in [2.24, 2.45) is 0 Å². The molecule has 4 nitrogen and oxygen atoms in total. The first-order valence-corrected chi connectivity index (χ1v) is 4.06. The zero-order valence-corrected chi connectivity index (χ0v) is 6.68. The SMILES string of the molecule is OCCOCCNC1CNC1. The zero-order chi connectivity index (χ0) is 7.94. The molecule has 4 heteroatoms. The highest BCUT2D eigenvalue weighted by molar-refractivity contribution is 4.80. The molecule has 11 heavy (non-hydrogen) atoms. The molecular formula is C7H16N2O2. The van der Waals surface area contributed by atoms with E-state index in [2.05, 4.69) is 10.6 Å². The largest absolute Gasteiger partial charge is 0.394 e. The molecule has 1 aliphatic rings. The van der Waals surface area contributed by atoms with E-state index in [4.69, 9.17) is 9.84 Å². The molecule has 0 aliphatic carbocycles. The summed E-state index contributed by atoms with van der Waals surface area (Å²) in [6.45, 7) is 4.28. The first-order valence-electron chi connectivity index (χ1n) is 4.06. The summed E-state index contributed by atoms with van der Waals surface area (Å²) in [4.78, 5) is 0. The fraction of sp³-hybridized carbons (Fsp3) is 1.00. The van der Waals surface area contributed by atoms with E-state index in [9.17, 15) is 0 Å². The van der Waals surface area contributed by atoms with Crippen molar-refractivity contribution in [1.82, 2.24) is 10.6 Å². The van der Waals surface area contributed by atoms with Crippen molar-refractivity contribution in [3.63, 3.8) is 0 Å². The first-order chi connectivity index (χ1) is 5.43. The van der Waals surface area contributed by atoms with Crippen LogP contribution in [-0.2, 0) is 4.74 Å². The van der Waals surface area contributed by atoms with Crippen molar-refractivity contribution in [2.45, 2.75) is 6.04 Å². The Labute approximate surface area is 66.9 Å². The van der Waals surface area contributed by atoms with Gasteiger partial charge in [-0.25, -0.2) is 0 Å². The van der Waals surface area contributed by atoms with Gasteiger partial charge in [-0.05, 0) is 0 Å². The monoisotopic (exact) mass is 160 g/mol. The van der Waals surface area contributed by atoms with Gasteiger partial charge in [-0.3, -0.25) is 0 Å². The maximum atomic E-state index is 8.38. The van der Waals surface area contributed by atoms with Gasteiger partial charge >= 0.3 is 0 Å². The van der Waals surface area contributed by atoms with E-state index in [0.717, 1.165) is 19.6 Å². The molecule has 0 aromatic rings. The Bertz CT molecular complexity index is 96.4. The van der Waals surface area contributed by atoms with Crippen molar-refractivity contribution >= 4 is 0 Å². The lowest BCUT2D eigenvalue weighted by Crippen LogP contribution is -2.55. The normalized spacial score (nSPS) is 18.3. The number of nitrogens with one attached hydrogen (secondary N) is 2. The lowest BCUT2D eigenvalue weighted by atomic mass is 10.2. The third-order valence-corrected chi connectivity index (χ3v) is 1.70. The standard InChI is InChI=1S/C7H16N2O2/c10-2-4-11-3-1-9-7-5-8-6-7/h7-10H,1-6H2. The minimum atomic E-state index is 0.116. The van der Waals surface area contributed by atoms with Gasteiger partial charge in [0.25, 0.3) is 0 Å². The Morgan fingerprint density at radius 1 is 1.45 bits per heavy atom. The molecule has 0 amide bonds. The highest BCUT2D eigenvalue weighted by Gasteiger charge is 2.14. The summed E-state index contributed by atoms with van der Waals surface area (Å²) in [7, 11) is 0. The highest BCUT2D eigenvalue weighted by Crippen LogP contribution is 1.88. The van der Waals surface area contributed by atoms with Gasteiger partial charge < -0.3 is 20.5 Å². The van der Waals surface area contributed by atoms with Gasteiger partial charge in [-0.15, -0.1) is 0 Å². The summed E-state index contributed by atoms with van der Waals surface area (Å²) in [5.41, 5.74) is 0. The molecule has 1 heterocycles. The molecule has 0 spiro atoms. The van der Waals surface area contributed by atoms with E-state index in [0.29, 0.717) is 19.3 Å². The van der Waals surface area contributed by atoms with Crippen LogP contribution in [0.3, 0.4) is 0 Å². The molecule has 0 bridgehead atoms. The Balaban J connectivity index is 1.73. The topological polar surface area (TPSA) is 53.5 Å². The van der Waals surface area contributed by atoms with E-state index in [1.54, 1.807) is 0 Å². The zero-order valence-electron chi connectivity index (χ0n) is 6.68. The van der Waals surface area contributed by atoms with Crippen LogP contribution in [-0.4, -0.2) is 50.6 Å². The third kappa shape index (κ3) is 3.67. The van der Waals surface area contributed by atoms with Gasteiger partial charge in [0.05, 0.1) is 19.8 Å². The Hall–Kier alpha value is -0.160. The number of ether oxygens (including phenoxy) is 1. The minimum Gasteiger partial charge on any atom is -0.394 e. The summed E-state index contributed by atoms with van der Waals surface area (Å²) in [5, 5.41) is 14.9. The average molecular weight is 160 g/mol. The van der Waals surface area contributed by atoms with Gasteiger partial charge in [0, 0.05) is 25.7 Å². The molecule has 3 N–H and O–H groups in total. The molecule has 0 saturated carbocycles. The fourth-order valence-electron chi connectivity index (χ4n) is 0.935. The fourth-order valence-corrected chi connectivity index (χ4v) is 0.935. The van der Waals surface area contributed by atoms with E-state index in [1.165, 1.54) is 0 Å². The summed E-state index contributed by atoms with van der Waals surface area (Å²) >= 11 is 0. The van der Waals surface area contributed by atoms with E-state index >= 15 is 0 Å². The molecule has 0 atom stereocenters. The summed E-state index contributed by atoms with van der Waals surface area (Å²) in [6.07, 6.45) is 0. The number of rotatable bonds is 6. The van der Waals surface area contributed by atoms with Crippen LogP contribution in [0.2, 0.25) is 0 Å². The number of hydrogen-bond donors (Lipinski definition) is 3. The lowest BCUT2D eigenvalue weighted by molar-refractivity contribution is 0.0915. The van der Waals surface area contributed by atoms with Crippen LogP contribution < -0.4 is 10.6 Å². The highest BCUT2D eigenvalue weighted by atomic mass is 16.5. The maximum absolute atomic E-state index is 8.38. The van der Waals surface area contributed by atoms with Crippen molar-refractivity contribution in [2.75, 3.05) is 39.5 Å². The second-order valence-corrected chi connectivity index (χ2v) is 2.65. The van der Waals surface area contributed by atoms with Gasteiger partial charge in [0.15, 0.2) is 0 Å². The summed E-state index contributed by atoms with van der Waals surface area (Å²) in [5.74, 6) is 0. The Morgan fingerprint density at radius 2 is 2.27 bits per heavy atom. The smallest absolute Gasteiger partial charge is 0.0698 e. The van der Waals surface area contributed by atoms with Crippen molar-refractivity contribution in [3.8, 4) is 0 Å². The van der Waals surface area contributed by atoms with E-state index in [-0.39, 0.29) is 6.61 Å². The molecule has 0 radical (unpaired) electrons. The van der Waals surface area contributed by atoms with Crippen LogP contribution in [0.1, 0.15) is 0 Å². The van der Waals surface area contributed by atoms with Crippen LogP contribution in [0.25, 0.3) is 0 Å². The van der Waals surface area contributed by atoms with Crippen molar-refractivity contribution in [1.29, 1.82) is 0 Å². The van der Waals surface area contributed by atoms with Crippen LogP contribution in [0.4, 0.5) is 0 Å². The van der Waals surface area contributed by atoms with Gasteiger partial charge in [-0.1, -0.05) is 0 Å². The van der Waals surface area contributed by atoms with Crippen LogP contribution in [0, 0.1) is 0 Å². The molecule has 0 aromatic carbocycles. The quantitative estimate of drug-likeness (QED) is 0.416. The Morgan fingerprint density at radius 3 is 2.82 bits per heavy atom. The molecule has 0 unspecified atom stereocenters. The molecule has 66 valence electrons. The number of aliphatic hydroxyl groups is 1. The van der Waals surface area contributed by atoms with Crippen LogP contribution >= 0.6 is 0 Å².